The Balaban J connectivity index is 5.00. The third kappa shape index (κ3) is 4.12. The van der Waals surface area contributed by atoms with Crippen LogP contribution in [0.3, 0.4) is 0 Å². The highest BCUT2D eigenvalue weighted by atomic mass is 32.2. The highest BCUT2D eigenvalue weighted by Gasteiger charge is 2.34. The van der Waals surface area contributed by atoms with Crippen molar-refractivity contribution in [2.24, 2.45) is 0 Å². The summed E-state index contributed by atoms with van der Waals surface area (Å²) >= 11 is -2.17. The predicted molar refractivity (Wildman–Crippen MR) is 64.3 cm³/mol. The maximum Gasteiger partial charge on any atom is 0.211 e. The van der Waals surface area contributed by atoms with Gasteiger partial charge in [-0.1, -0.05) is 24.9 Å². The molecule has 0 N–H and O–H groups in total. The summed E-state index contributed by atoms with van der Waals surface area (Å²) in [5, 5.41) is -0.561. The summed E-state index contributed by atoms with van der Waals surface area (Å²) in [6.45, 7) is 5.19. The van der Waals surface area contributed by atoms with Gasteiger partial charge in [0, 0.05) is 17.8 Å². The van der Waals surface area contributed by atoms with Gasteiger partial charge in [-0.05, 0) is 19.8 Å². The minimum atomic E-state index is -3.31. The van der Waals surface area contributed by atoms with Gasteiger partial charge in [-0.15, -0.1) is 0 Å². The van der Waals surface area contributed by atoms with Crippen LogP contribution in [0.5, 0.6) is 0 Å². The lowest BCUT2D eigenvalue weighted by atomic mass is 9.93. The van der Waals surface area contributed by atoms with Crippen molar-refractivity contribution in [3.8, 4) is 0 Å². The fourth-order valence-corrected chi connectivity index (χ4v) is 3.08. The van der Waals surface area contributed by atoms with Gasteiger partial charge in [0.05, 0.1) is 6.26 Å². The minimum Gasteiger partial charge on any atom is -0.772 e. The number of hydrogen-bond donors (Lipinski definition) is 0. The number of sulfonamides is 1. The zero-order chi connectivity index (χ0) is 13.1. The quantitative estimate of drug-likeness (QED) is 0.666. The summed E-state index contributed by atoms with van der Waals surface area (Å²) < 4.78 is 45.8. The van der Waals surface area contributed by atoms with Crippen molar-refractivity contribution in [1.82, 2.24) is 4.31 Å². The van der Waals surface area contributed by atoms with Gasteiger partial charge in [-0.3, -0.25) is 4.21 Å². The highest BCUT2D eigenvalue weighted by Crippen LogP contribution is 2.27. The van der Waals surface area contributed by atoms with E-state index in [1.807, 2.05) is 6.92 Å². The maximum absolute atomic E-state index is 11.5. The monoisotopic (exact) mass is 270 g/mol. The van der Waals surface area contributed by atoms with Crippen molar-refractivity contribution in [1.29, 1.82) is 0 Å². The van der Waals surface area contributed by atoms with Crippen LogP contribution in [0.2, 0.25) is 0 Å². The topological polar surface area (TPSA) is 77.5 Å². The Hall–Kier alpha value is 0.0200. The third-order valence-electron chi connectivity index (χ3n) is 3.08. The standard InChI is InChI=1S/C9H21NO4S2/c1-6-9(3,7-8(2)15(11)12)10(4)16(5,13)14/h8H,6-7H2,1-5H3,(H,11,12)/p-1/t8-,9?/m0/s1. The number of rotatable bonds is 6. The molecule has 0 amide bonds. The molecule has 0 bridgehead atoms. The van der Waals surface area contributed by atoms with E-state index in [4.69, 9.17) is 0 Å². The van der Waals surface area contributed by atoms with Crippen LogP contribution in [-0.4, -0.2) is 45.6 Å². The van der Waals surface area contributed by atoms with Crippen LogP contribution in [0.4, 0.5) is 0 Å². The van der Waals surface area contributed by atoms with Gasteiger partial charge in [0.1, 0.15) is 0 Å². The lowest BCUT2D eigenvalue weighted by Crippen LogP contribution is -2.48. The molecule has 0 saturated heterocycles. The van der Waals surface area contributed by atoms with Crippen LogP contribution in [0.25, 0.3) is 0 Å². The second-order valence-electron chi connectivity index (χ2n) is 4.36. The van der Waals surface area contributed by atoms with Crippen molar-refractivity contribution < 1.29 is 17.2 Å². The smallest absolute Gasteiger partial charge is 0.211 e. The Kier molecular flexibility index (Phi) is 5.58. The van der Waals surface area contributed by atoms with E-state index in [1.165, 1.54) is 11.4 Å². The molecule has 2 unspecified atom stereocenters. The van der Waals surface area contributed by atoms with Crippen LogP contribution >= 0.6 is 0 Å². The molecule has 16 heavy (non-hydrogen) atoms. The van der Waals surface area contributed by atoms with E-state index in [2.05, 4.69) is 0 Å². The molecule has 3 atom stereocenters. The lowest BCUT2D eigenvalue weighted by Gasteiger charge is -2.38. The van der Waals surface area contributed by atoms with Gasteiger partial charge in [-0.25, -0.2) is 8.42 Å². The van der Waals surface area contributed by atoms with E-state index in [1.54, 1.807) is 13.8 Å². The molecule has 0 aromatic heterocycles. The summed E-state index contributed by atoms with van der Waals surface area (Å²) in [5.74, 6) is 0. The molecule has 0 radical (unpaired) electrons. The first kappa shape index (κ1) is 16.0. The van der Waals surface area contributed by atoms with Crippen molar-refractivity contribution in [3.05, 3.63) is 0 Å². The highest BCUT2D eigenvalue weighted by molar-refractivity contribution is 7.88. The molecule has 0 saturated carbocycles. The van der Waals surface area contributed by atoms with E-state index in [9.17, 15) is 17.2 Å². The number of hydrogen-bond acceptors (Lipinski definition) is 4. The Morgan fingerprint density at radius 2 is 1.94 bits per heavy atom. The molecule has 0 aromatic rings. The second kappa shape index (κ2) is 5.57. The number of nitrogens with zero attached hydrogens (tertiary/aromatic N) is 1. The second-order valence-corrected chi connectivity index (χ2v) is 7.70. The van der Waals surface area contributed by atoms with Gasteiger partial charge >= 0.3 is 0 Å². The average molecular weight is 270 g/mol. The first-order chi connectivity index (χ1) is 7.04. The zero-order valence-electron chi connectivity index (χ0n) is 10.4. The van der Waals surface area contributed by atoms with E-state index in [-0.39, 0.29) is 0 Å². The predicted octanol–water partition coefficient (Wildman–Crippen LogP) is 0.704. The normalized spacial score (nSPS) is 20.4. The van der Waals surface area contributed by atoms with E-state index >= 15 is 0 Å². The molecular formula is C9H20NO4S2-. The molecule has 0 spiro atoms. The van der Waals surface area contributed by atoms with E-state index in [0.717, 1.165) is 6.26 Å². The van der Waals surface area contributed by atoms with Crippen LogP contribution in [0.15, 0.2) is 0 Å². The summed E-state index contributed by atoms with van der Waals surface area (Å²) in [6, 6.07) is 0. The van der Waals surface area contributed by atoms with E-state index < -0.39 is 31.9 Å². The molecule has 0 aromatic carbocycles. The van der Waals surface area contributed by atoms with Gasteiger partial charge in [0.2, 0.25) is 10.0 Å². The van der Waals surface area contributed by atoms with Gasteiger partial charge < -0.3 is 4.55 Å². The molecular weight excluding hydrogens is 250 g/mol. The fraction of sp³-hybridized carbons (Fsp3) is 1.00. The van der Waals surface area contributed by atoms with Gasteiger partial charge in [0.15, 0.2) is 0 Å². The third-order valence-corrected chi connectivity index (χ3v) is 5.33. The van der Waals surface area contributed by atoms with Gasteiger partial charge in [-0.2, -0.15) is 4.31 Å². The molecule has 98 valence electrons. The molecule has 7 heteroatoms. The molecule has 0 aliphatic rings. The van der Waals surface area contributed by atoms with Crippen molar-refractivity contribution in [2.45, 2.75) is 44.4 Å². The fourth-order valence-electron chi connectivity index (χ4n) is 1.58. The Labute approximate surface area is 101 Å². The van der Waals surface area contributed by atoms with Gasteiger partial charge in [0.25, 0.3) is 0 Å². The molecule has 0 fully saturated rings. The summed E-state index contributed by atoms with van der Waals surface area (Å²) in [7, 11) is -1.83. The van der Waals surface area contributed by atoms with Crippen molar-refractivity contribution >= 4 is 21.1 Å². The molecule has 5 nitrogen and oxygen atoms in total. The zero-order valence-corrected chi connectivity index (χ0v) is 12.0. The van der Waals surface area contributed by atoms with Crippen molar-refractivity contribution in [3.63, 3.8) is 0 Å². The summed E-state index contributed by atoms with van der Waals surface area (Å²) in [6.07, 6.45) is 1.99. The SMILES string of the molecule is CCC(C)(C[C@H](C)S(=O)[O-])N(C)S(C)(=O)=O. The molecule has 0 rings (SSSR count). The molecule has 0 heterocycles. The lowest BCUT2D eigenvalue weighted by molar-refractivity contribution is 0.215. The van der Waals surface area contributed by atoms with Crippen LogP contribution in [0.1, 0.15) is 33.6 Å². The van der Waals surface area contributed by atoms with Crippen LogP contribution in [-0.2, 0) is 21.1 Å². The Morgan fingerprint density at radius 3 is 2.19 bits per heavy atom. The largest absolute Gasteiger partial charge is 0.772 e. The van der Waals surface area contributed by atoms with Crippen molar-refractivity contribution in [2.75, 3.05) is 13.3 Å². The molecule has 0 aliphatic heterocycles. The summed E-state index contributed by atoms with van der Waals surface area (Å²) in [5.41, 5.74) is -0.660. The van der Waals surface area contributed by atoms with E-state index in [0.29, 0.717) is 12.8 Å². The summed E-state index contributed by atoms with van der Waals surface area (Å²) in [4.78, 5) is 0. The first-order valence-electron chi connectivity index (χ1n) is 5.06. The average Bonchev–Trinajstić information content (AvgIpc) is 2.14. The minimum absolute atomic E-state index is 0.295. The molecule has 0 aliphatic carbocycles. The first-order valence-corrected chi connectivity index (χ1v) is 8.05. The van der Waals surface area contributed by atoms with Crippen LogP contribution < -0.4 is 0 Å². The Bertz CT molecular complexity index is 355. The van der Waals surface area contributed by atoms with Crippen LogP contribution in [0, 0.1) is 0 Å². The maximum atomic E-state index is 11.5. The Morgan fingerprint density at radius 1 is 1.50 bits per heavy atom.